The normalized spacial score (nSPS) is 18.2. The SMILES string of the molecule is CCCCC1=Cc2ccccc2C(CC(C)C)N1. The lowest BCUT2D eigenvalue weighted by Gasteiger charge is -2.29. The van der Waals surface area contributed by atoms with Crippen molar-refractivity contribution in [3.05, 3.63) is 41.1 Å². The van der Waals surface area contributed by atoms with Crippen LogP contribution in [0.25, 0.3) is 6.08 Å². The van der Waals surface area contributed by atoms with E-state index in [0.717, 1.165) is 5.92 Å². The highest BCUT2D eigenvalue weighted by atomic mass is 14.9. The topological polar surface area (TPSA) is 12.0 Å². The predicted octanol–water partition coefficient (Wildman–Crippen LogP) is 4.91. The lowest BCUT2D eigenvalue weighted by atomic mass is 9.89. The van der Waals surface area contributed by atoms with Crippen LogP contribution in [0, 0.1) is 5.92 Å². The Morgan fingerprint density at radius 1 is 1.22 bits per heavy atom. The van der Waals surface area contributed by atoms with Crippen LogP contribution < -0.4 is 5.32 Å². The second kappa shape index (κ2) is 6.08. The average Bonchev–Trinajstić information content (AvgIpc) is 2.35. The summed E-state index contributed by atoms with van der Waals surface area (Å²) in [7, 11) is 0. The van der Waals surface area contributed by atoms with Gasteiger partial charge < -0.3 is 5.32 Å². The number of unbranched alkanes of at least 4 members (excludes halogenated alkanes) is 1. The number of fused-ring (bicyclic) bond motifs is 1. The zero-order valence-corrected chi connectivity index (χ0v) is 11.9. The van der Waals surface area contributed by atoms with Crippen molar-refractivity contribution in [3.8, 4) is 0 Å². The molecule has 0 aliphatic carbocycles. The van der Waals surface area contributed by atoms with E-state index in [0.29, 0.717) is 6.04 Å². The summed E-state index contributed by atoms with van der Waals surface area (Å²) >= 11 is 0. The van der Waals surface area contributed by atoms with Gasteiger partial charge in [0.05, 0.1) is 6.04 Å². The Kier molecular flexibility index (Phi) is 4.46. The molecule has 2 rings (SSSR count). The van der Waals surface area contributed by atoms with Gasteiger partial charge in [-0.1, -0.05) is 51.5 Å². The minimum Gasteiger partial charge on any atom is -0.381 e. The summed E-state index contributed by atoms with van der Waals surface area (Å²) in [6.07, 6.45) is 7.26. The monoisotopic (exact) mass is 243 g/mol. The van der Waals surface area contributed by atoms with Crippen LogP contribution in [0.5, 0.6) is 0 Å². The van der Waals surface area contributed by atoms with Gasteiger partial charge in [-0.3, -0.25) is 0 Å². The zero-order chi connectivity index (χ0) is 13.0. The lowest BCUT2D eigenvalue weighted by Crippen LogP contribution is -2.26. The van der Waals surface area contributed by atoms with E-state index in [1.807, 2.05) is 0 Å². The lowest BCUT2D eigenvalue weighted by molar-refractivity contribution is 0.448. The molecule has 0 bridgehead atoms. The first kappa shape index (κ1) is 13.2. The van der Waals surface area contributed by atoms with Crippen molar-refractivity contribution in [2.45, 2.75) is 52.5 Å². The molecule has 1 aromatic rings. The molecule has 1 nitrogen and oxygen atoms in total. The van der Waals surface area contributed by atoms with E-state index in [1.54, 1.807) is 0 Å². The fraction of sp³-hybridized carbons (Fsp3) is 0.529. The minimum atomic E-state index is 0.498. The molecule has 1 aliphatic heterocycles. The smallest absolute Gasteiger partial charge is 0.0519 e. The molecule has 0 spiro atoms. The molecule has 1 aromatic carbocycles. The Balaban J connectivity index is 2.21. The molecule has 18 heavy (non-hydrogen) atoms. The highest BCUT2D eigenvalue weighted by molar-refractivity contribution is 5.60. The number of benzene rings is 1. The van der Waals surface area contributed by atoms with Crippen LogP contribution in [-0.2, 0) is 0 Å². The van der Waals surface area contributed by atoms with Crippen LogP contribution in [-0.4, -0.2) is 0 Å². The van der Waals surface area contributed by atoms with Crippen molar-refractivity contribution in [3.63, 3.8) is 0 Å². The van der Waals surface area contributed by atoms with Gasteiger partial charge in [-0.15, -0.1) is 0 Å². The summed E-state index contributed by atoms with van der Waals surface area (Å²) in [5.41, 5.74) is 4.29. The van der Waals surface area contributed by atoms with Crippen LogP contribution in [0.1, 0.15) is 63.6 Å². The first-order valence-corrected chi connectivity index (χ1v) is 7.26. The maximum absolute atomic E-state index is 3.74. The molecule has 98 valence electrons. The van der Waals surface area contributed by atoms with Crippen molar-refractivity contribution >= 4 is 6.08 Å². The Labute approximate surface area is 111 Å². The predicted molar refractivity (Wildman–Crippen MR) is 79.3 cm³/mol. The molecule has 1 aliphatic rings. The molecule has 0 saturated carbocycles. The van der Waals surface area contributed by atoms with E-state index in [4.69, 9.17) is 0 Å². The maximum atomic E-state index is 3.74. The summed E-state index contributed by atoms with van der Waals surface area (Å²) in [5, 5.41) is 3.74. The Hall–Kier alpha value is -1.24. The van der Waals surface area contributed by atoms with Gasteiger partial charge in [-0.25, -0.2) is 0 Å². The van der Waals surface area contributed by atoms with Crippen molar-refractivity contribution in [2.24, 2.45) is 5.92 Å². The number of hydrogen-bond donors (Lipinski definition) is 1. The minimum absolute atomic E-state index is 0.498. The number of allylic oxidation sites excluding steroid dienone is 1. The van der Waals surface area contributed by atoms with Crippen molar-refractivity contribution in [2.75, 3.05) is 0 Å². The van der Waals surface area contributed by atoms with Crippen molar-refractivity contribution < 1.29 is 0 Å². The largest absolute Gasteiger partial charge is 0.381 e. The second-order valence-electron chi connectivity index (χ2n) is 5.73. The molecule has 1 N–H and O–H groups in total. The maximum Gasteiger partial charge on any atom is 0.0519 e. The van der Waals surface area contributed by atoms with E-state index >= 15 is 0 Å². The van der Waals surface area contributed by atoms with E-state index in [2.05, 4.69) is 56.4 Å². The van der Waals surface area contributed by atoms with E-state index in [1.165, 1.54) is 42.5 Å². The average molecular weight is 243 g/mol. The standard InChI is InChI=1S/C17H25N/c1-4-5-9-15-12-14-8-6-7-10-16(14)17(18-15)11-13(2)3/h6-8,10,12-13,17-18H,4-5,9,11H2,1-3H3. The van der Waals surface area contributed by atoms with Crippen molar-refractivity contribution in [1.29, 1.82) is 0 Å². The first-order chi connectivity index (χ1) is 8.70. The molecule has 0 aromatic heterocycles. The fourth-order valence-corrected chi connectivity index (χ4v) is 2.66. The molecule has 1 heterocycles. The Bertz CT molecular complexity index is 417. The second-order valence-corrected chi connectivity index (χ2v) is 5.73. The van der Waals surface area contributed by atoms with Gasteiger partial charge in [-0.05, 0) is 42.4 Å². The van der Waals surface area contributed by atoms with E-state index in [-0.39, 0.29) is 0 Å². The summed E-state index contributed by atoms with van der Waals surface area (Å²) in [6.45, 7) is 6.85. The summed E-state index contributed by atoms with van der Waals surface area (Å²) in [5.74, 6) is 0.723. The van der Waals surface area contributed by atoms with Gasteiger partial charge >= 0.3 is 0 Å². The zero-order valence-electron chi connectivity index (χ0n) is 11.9. The molecule has 0 fully saturated rings. The molecule has 1 heteroatoms. The van der Waals surface area contributed by atoms with Gasteiger partial charge in [-0.2, -0.15) is 0 Å². The highest BCUT2D eigenvalue weighted by Crippen LogP contribution is 2.31. The highest BCUT2D eigenvalue weighted by Gasteiger charge is 2.20. The Morgan fingerprint density at radius 2 is 2.00 bits per heavy atom. The van der Waals surface area contributed by atoms with Crippen LogP contribution in [0.2, 0.25) is 0 Å². The van der Waals surface area contributed by atoms with Gasteiger partial charge in [0, 0.05) is 5.70 Å². The first-order valence-electron chi connectivity index (χ1n) is 7.26. The van der Waals surface area contributed by atoms with E-state index < -0.39 is 0 Å². The Morgan fingerprint density at radius 3 is 2.72 bits per heavy atom. The number of nitrogens with one attached hydrogen (secondary N) is 1. The summed E-state index contributed by atoms with van der Waals surface area (Å²) in [4.78, 5) is 0. The number of rotatable bonds is 5. The van der Waals surface area contributed by atoms with Gasteiger partial charge in [0.1, 0.15) is 0 Å². The fourth-order valence-electron chi connectivity index (χ4n) is 2.66. The molecule has 0 radical (unpaired) electrons. The van der Waals surface area contributed by atoms with Crippen LogP contribution in [0.3, 0.4) is 0 Å². The quantitative estimate of drug-likeness (QED) is 0.775. The molecule has 1 unspecified atom stereocenters. The van der Waals surface area contributed by atoms with Crippen molar-refractivity contribution in [1.82, 2.24) is 5.32 Å². The third kappa shape index (κ3) is 3.16. The molecular weight excluding hydrogens is 218 g/mol. The third-order valence-corrected chi connectivity index (χ3v) is 3.57. The van der Waals surface area contributed by atoms with Gasteiger partial charge in [0.2, 0.25) is 0 Å². The molecule has 0 saturated heterocycles. The summed E-state index contributed by atoms with van der Waals surface area (Å²) in [6, 6.07) is 9.30. The molecule has 1 atom stereocenters. The third-order valence-electron chi connectivity index (χ3n) is 3.57. The van der Waals surface area contributed by atoms with Crippen LogP contribution in [0.4, 0.5) is 0 Å². The van der Waals surface area contributed by atoms with Crippen LogP contribution in [0.15, 0.2) is 30.0 Å². The van der Waals surface area contributed by atoms with Crippen LogP contribution >= 0.6 is 0 Å². The molecular formula is C17H25N. The van der Waals surface area contributed by atoms with Gasteiger partial charge in [0.25, 0.3) is 0 Å². The number of hydrogen-bond acceptors (Lipinski definition) is 1. The summed E-state index contributed by atoms with van der Waals surface area (Å²) < 4.78 is 0. The van der Waals surface area contributed by atoms with E-state index in [9.17, 15) is 0 Å². The molecule has 0 amide bonds. The van der Waals surface area contributed by atoms with Gasteiger partial charge in [0.15, 0.2) is 0 Å².